The van der Waals surface area contributed by atoms with Crippen molar-refractivity contribution in [3.63, 3.8) is 0 Å². The van der Waals surface area contributed by atoms with Gasteiger partial charge in [0.05, 0.1) is 0 Å². The molecule has 0 atom stereocenters. The summed E-state index contributed by atoms with van der Waals surface area (Å²) >= 11 is 6.40. The number of nitrogens with one attached hydrogen (secondary N) is 4. The monoisotopic (exact) mass is 580 g/mol. The third kappa shape index (κ3) is 13.6. The van der Waals surface area contributed by atoms with Crippen LogP contribution in [0.1, 0.15) is 107 Å². The molecule has 0 bridgehead atoms. The molecule has 4 N–H and O–H groups in total. The van der Waals surface area contributed by atoms with E-state index in [4.69, 9.17) is 0 Å². The van der Waals surface area contributed by atoms with Crippen molar-refractivity contribution in [3.8, 4) is 0 Å². The molecular weight excluding hydrogens is 528 g/mol. The quantitative estimate of drug-likeness (QED) is 0.185. The highest BCUT2D eigenvalue weighted by atomic mass is 79.9. The number of alkyl halides is 2. The van der Waals surface area contributed by atoms with Crippen LogP contribution in [0.4, 0.5) is 0 Å². The fourth-order valence-corrected chi connectivity index (χ4v) is 6.15. The van der Waals surface area contributed by atoms with Crippen LogP contribution in [0, 0.1) is 0 Å². The molecule has 0 spiro atoms. The standard InChI is InChI=1S/C24H50N4.C2H4Br2/c1-21(2)15-19(16-22(3,4)27-21)25-13-11-9-10-12-14-26-20-17-23(5,6)28-24(7,8)18-20;3-1-2-4/h19-20,25-28H,9-18H2,1-8H3;1-2H2. The van der Waals surface area contributed by atoms with E-state index in [0.29, 0.717) is 12.1 Å². The summed E-state index contributed by atoms with van der Waals surface area (Å²) in [6, 6.07) is 1.30. The fraction of sp³-hybridized carbons (Fsp3) is 1.00. The van der Waals surface area contributed by atoms with E-state index in [-0.39, 0.29) is 22.2 Å². The summed E-state index contributed by atoms with van der Waals surface area (Å²) in [4.78, 5) is 0. The van der Waals surface area contributed by atoms with E-state index in [9.17, 15) is 0 Å². The SMILES string of the molecule is BrCCBr.CC1(C)CC(NCCCCCCNC2CC(C)(C)NC(C)(C)C2)CC(C)(C)N1. The van der Waals surface area contributed by atoms with Gasteiger partial charge in [0.2, 0.25) is 0 Å². The molecule has 2 saturated heterocycles. The molecule has 0 saturated carbocycles. The van der Waals surface area contributed by atoms with Crippen LogP contribution in [-0.4, -0.2) is 58.0 Å². The first-order chi connectivity index (χ1) is 14.7. The second kappa shape index (κ2) is 13.8. The topological polar surface area (TPSA) is 48.1 Å². The van der Waals surface area contributed by atoms with E-state index in [2.05, 4.69) is 109 Å². The lowest BCUT2D eigenvalue weighted by atomic mass is 9.79. The minimum atomic E-state index is 0.239. The normalized spacial score (nSPS) is 24.6. The fourth-order valence-electron chi connectivity index (χ4n) is 6.15. The molecule has 192 valence electrons. The molecule has 2 heterocycles. The van der Waals surface area contributed by atoms with Crippen molar-refractivity contribution in [1.82, 2.24) is 21.3 Å². The van der Waals surface area contributed by atoms with Crippen molar-refractivity contribution >= 4 is 31.9 Å². The second-order valence-electron chi connectivity index (χ2n) is 12.7. The average molecular weight is 583 g/mol. The average Bonchev–Trinajstić information content (AvgIpc) is 2.59. The third-order valence-electron chi connectivity index (χ3n) is 6.42. The number of unbranched alkanes of at least 4 members (excludes halogenated alkanes) is 3. The van der Waals surface area contributed by atoms with Gasteiger partial charge in [0, 0.05) is 44.9 Å². The summed E-state index contributed by atoms with van der Waals surface area (Å²) in [7, 11) is 0. The lowest BCUT2D eigenvalue weighted by molar-refractivity contribution is 0.145. The molecule has 6 heteroatoms. The zero-order valence-electron chi connectivity index (χ0n) is 22.4. The van der Waals surface area contributed by atoms with Gasteiger partial charge in [-0.25, -0.2) is 0 Å². The predicted molar refractivity (Wildman–Crippen MR) is 151 cm³/mol. The van der Waals surface area contributed by atoms with Crippen molar-refractivity contribution in [3.05, 3.63) is 0 Å². The van der Waals surface area contributed by atoms with Gasteiger partial charge >= 0.3 is 0 Å². The molecule has 32 heavy (non-hydrogen) atoms. The van der Waals surface area contributed by atoms with Gasteiger partial charge in [-0.3, -0.25) is 0 Å². The molecule has 0 amide bonds. The molecule has 2 rings (SSSR count). The van der Waals surface area contributed by atoms with Crippen LogP contribution in [0.15, 0.2) is 0 Å². The zero-order valence-corrected chi connectivity index (χ0v) is 25.6. The molecular formula is C26H54Br2N4. The van der Waals surface area contributed by atoms with E-state index >= 15 is 0 Å². The van der Waals surface area contributed by atoms with Crippen LogP contribution in [0.5, 0.6) is 0 Å². The Morgan fingerprint density at radius 2 is 0.844 bits per heavy atom. The Kier molecular flexibility index (Phi) is 13.3. The first kappa shape index (κ1) is 30.8. The Bertz CT molecular complexity index is 442. The lowest BCUT2D eigenvalue weighted by Gasteiger charge is -2.47. The molecule has 0 aromatic rings. The smallest absolute Gasteiger partial charge is 0.0144 e. The van der Waals surface area contributed by atoms with Gasteiger partial charge in [-0.2, -0.15) is 0 Å². The molecule has 0 radical (unpaired) electrons. The molecule has 0 unspecified atom stereocenters. The minimum Gasteiger partial charge on any atom is -0.314 e. The second-order valence-corrected chi connectivity index (χ2v) is 14.3. The van der Waals surface area contributed by atoms with Crippen molar-refractivity contribution in [2.45, 2.75) is 141 Å². The molecule has 0 aliphatic carbocycles. The highest BCUT2D eigenvalue weighted by molar-refractivity contribution is 9.11. The van der Waals surface area contributed by atoms with E-state index < -0.39 is 0 Å². The first-order valence-electron chi connectivity index (χ1n) is 12.9. The van der Waals surface area contributed by atoms with Crippen molar-refractivity contribution < 1.29 is 0 Å². The molecule has 2 fully saturated rings. The number of piperidine rings is 2. The highest BCUT2D eigenvalue weighted by Gasteiger charge is 2.38. The van der Waals surface area contributed by atoms with E-state index in [0.717, 1.165) is 10.7 Å². The number of hydrogen-bond acceptors (Lipinski definition) is 4. The van der Waals surface area contributed by atoms with Gasteiger partial charge < -0.3 is 21.3 Å². The Morgan fingerprint density at radius 1 is 0.562 bits per heavy atom. The summed E-state index contributed by atoms with van der Waals surface area (Å²) in [5, 5.41) is 17.3. The summed E-state index contributed by atoms with van der Waals surface area (Å²) < 4.78 is 0. The van der Waals surface area contributed by atoms with Crippen LogP contribution in [0.3, 0.4) is 0 Å². The summed E-state index contributed by atoms with van der Waals surface area (Å²) in [6.45, 7) is 21.0. The van der Waals surface area contributed by atoms with Crippen molar-refractivity contribution in [2.24, 2.45) is 0 Å². The molecule has 2 aliphatic heterocycles. The van der Waals surface area contributed by atoms with Gasteiger partial charge in [0.1, 0.15) is 0 Å². The van der Waals surface area contributed by atoms with Gasteiger partial charge in [-0.05, 0) is 107 Å². The van der Waals surface area contributed by atoms with Crippen LogP contribution >= 0.6 is 31.9 Å². The van der Waals surface area contributed by atoms with Crippen LogP contribution < -0.4 is 21.3 Å². The maximum Gasteiger partial charge on any atom is 0.0144 e. The van der Waals surface area contributed by atoms with E-state index in [1.165, 1.54) is 64.5 Å². The molecule has 0 aromatic carbocycles. The first-order valence-corrected chi connectivity index (χ1v) is 15.1. The predicted octanol–water partition coefficient (Wildman–Crippen LogP) is 6.12. The Balaban J connectivity index is 0.00000118. The maximum atomic E-state index is 3.83. The Hall–Kier alpha value is 0.800. The highest BCUT2D eigenvalue weighted by Crippen LogP contribution is 2.29. The largest absolute Gasteiger partial charge is 0.314 e. The van der Waals surface area contributed by atoms with Crippen LogP contribution in [0.25, 0.3) is 0 Å². The van der Waals surface area contributed by atoms with Crippen LogP contribution in [-0.2, 0) is 0 Å². The Morgan fingerprint density at radius 3 is 1.09 bits per heavy atom. The maximum absolute atomic E-state index is 3.83. The summed E-state index contributed by atoms with van der Waals surface area (Å²) in [5.41, 5.74) is 0.956. The van der Waals surface area contributed by atoms with Crippen LogP contribution in [0.2, 0.25) is 0 Å². The third-order valence-corrected chi connectivity index (χ3v) is 8.28. The van der Waals surface area contributed by atoms with Gasteiger partial charge in [-0.1, -0.05) is 44.7 Å². The van der Waals surface area contributed by atoms with Gasteiger partial charge in [0.25, 0.3) is 0 Å². The molecule has 4 nitrogen and oxygen atoms in total. The minimum absolute atomic E-state index is 0.239. The van der Waals surface area contributed by atoms with Gasteiger partial charge in [0.15, 0.2) is 0 Å². The number of halogens is 2. The number of rotatable bonds is 10. The van der Waals surface area contributed by atoms with E-state index in [1.807, 2.05) is 0 Å². The van der Waals surface area contributed by atoms with E-state index in [1.54, 1.807) is 0 Å². The summed E-state index contributed by atoms with van der Waals surface area (Å²) in [5.74, 6) is 0. The lowest BCUT2D eigenvalue weighted by Crippen LogP contribution is -2.61. The van der Waals surface area contributed by atoms with Crippen molar-refractivity contribution in [2.75, 3.05) is 23.7 Å². The Labute approximate surface area is 217 Å². The number of hydrogen-bond donors (Lipinski definition) is 4. The van der Waals surface area contributed by atoms with Crippen molar-refractivity contribution in [1.29, 1.82) is 0 Å². The zero-order chi connectivity index (χ0) is 24.5. The van der Waals surface area contributed by atoms with Gasteiger partial charge in [-0.15, -0.1) is 0 Å². The molecule has 0 aromatic heterocycles. The molecule has 2 aliphatic rings. The summed E-state index contributed by atoms with van der Waals surface area (Å²) in [6.07, 6.45) is 10.2.